The molecule has 0 fully saturated rings. The molecule has 2 rings (SSSR count). The first-order valence-corrected chi connectivity index (χ1v) is 5.63. The molecule has 0 spiro atoms. The van der Waals surface area contributed by atoms with Crippen molar-refractivity contribution in [3.05, 3.63) is 58.0 Å². The number of nitrogens with one attached hydrogen (secondary N) is 1. The van der Waals surface area contributed by atoms with Crippen molar-refractivity contribution in [3.63, 3.8) is 0 Å². The molecule has 0 atom stereocenters. The largest absolute Gasteiger partial charge is 0.360 e. The quantitative estimate of drug-likeness (QED) is 0.672. The summed E-state index contributed by atoms with van der Waals surface area (Å²) in [4.78, 5) is 17.5. The van der Waals surface area contributed by atoms with Gasteiger partial charge in [0.25, 0.3) is 6.43 Å². The monoisotopic (exact) mass is 280 g/mol. The van der Waals surface area contributed by atoms with Crippen molar-refractivity contribution >= 4 is 11.5 Å². The van der Waals surface area contributed by atoms with Crippen molar-refractivity contribution in [2.75, 3.05) is 5.32 Å². The second-order valence-electron chi connectivity index (χ2n) is 3.91. The van der Waals surface area contributed by atoms with Gasteiger partial charge in [-0.3, -0.25) is 10.1 Å². The molecule has 0 bridgehead atoms. The van der Waals surface area contributed by atoms with Crippen LogP contribution in [0.2, 0.25) is 0 Å². The van der Waals surface area contributed by atoms with Crippen LogP contribution in [0.4, 0.5) is 20.3 Å². The first kappa shape index (κ1) is 13.8. The van der Waals surface area contributed by atoms with Crippen molar-refractivity contribution in [1.29, 1.82) is 0 Å². The fourth-order valence-corrected chi connectivity index (χ4v) is 1.56. The van der Waals surface area contributed by atoms with Crippen LogP contribution < -0.4 is 5.32 Å². The molecule has 1 aromatic heterocycles. The SMILES string of the molecule is O=[N+]([O-])c1cncnc1NCc1ccc(C(F)F)cc1. The molecule has 0 radical (unpaired) electrons. The van der Waals surface area contributed by atoms with Gasteiger partial charge in [-0.25, -0.2) is 18.7 Å². The summed E-state index contributed by atoms with van der Waals surface area (Å²) in [5, 5.41) is 13.5. The van der Waals surface area contributed by atoms with Gasteiger partial charge < -0.3 is 5.32 Å². The smallest absolute Gasteiger partial charge is 0.329 e. The van der Waals surface area contributed by atoms with Gasteiger partial charge in [-0.05, 0) is 5.56 Å². The predicted octanol–water partition coefficient (Wildman–Crippen LogP) is 2.93. The van der Waals surface area contributed by atoms with Gasteiger partial charge in [-0.2, -0.15) is 0 Å². The van der Waals surface area contributed by atoms with Crippen LogP contribution in [0, 0.1) is 10.1 Å². The zero-order chi connectivity index (χ0) is 14.5. The molecule has 0 unspecified atom stereocenters. The average Bonchev–Trinajstić information content (AvgIpc) is 2.45. The molecule has 8 heteroatoms. The topological polar surface area (TPSA) is 81.0 Å². The molecule has 2 aromatic rings. The van der Waals surface area contributed by atoms with Crippen LogP contribution in [0.15, 0.2) is 36.8 Å². The normalized spacial score (nSPS) is 10.6. The highest BCUT2D eigenvalue weighted by molar-refractivity contribution is 5.53. The van der Waals surface area contributed by atoms with Crippen LogP contribution in [0.1, 0.15) is 17.6 Å². The molecule has 0 amide bonds. The van der Waals surface area contributed by atoms with Crippen molar-refractivity contribution in [2.24, 2.45) is 0 Å². The Kier molecular flexibility index (Phi) is 4.14. The third kappa shape index (κ3) is 3.22. The number of nitrogens with zero attached hydrogens (tertiary/aromatic N) is 3. The van der Waals surface area contributed by atoms with Crippen molar-refractivity contribution in [2.45, 2.75) is 13.0 Å². The van der Waals surface area contributed by atoms with Gasteiger partial charge in [0, 0.05) is 12.1 Å². The van der Waals surface area contributed by atoms with Crippen LogP contribution in [-0.4, -0.2) is 14.9 Å². The maximum absolute atomic E-state index is 12.4. The number of alkyl halides is 2. The first-order chi connectivity index (χ1) is 9.58. The zero-order valence-electron chi connectivity index (χ0n) is 10.2. The molecule has 0 saturated carbocycles. The van der Waals surface area contributed by atoms with E-state index in [0.29, 0.717) is 5.56 Å². The van der Waals surface area contributed by atoms with Crippen LogP contribution in [-0.2, 0) is 6.54 Å². The minimum absolute atomic E-state index is 0.0678. The van der Waals surface area contributed by atoms with Gasteiger partial charge in [-0.15, -0.1) is 0 Å². The number of halogens is 2. The number of hydrogen-bond donors (Lipinski definition) is 1. The summed E-state index contributed by atoms with van der Waals surface area (Å²) in [7, 11) is 0. The van der Waals surface area contributed by atoms with E-state index >= 15 is 0 Å². The molecular weight excluding hydrogens is 270 g/mol. The van der Waals surface area contributed by atoms with Crippen LogP contribution in [0.3, 0.4) is 0 Å². The summed E-state index contributed by atoms with van der Waals surface area (Å²) < 4.78 is 24.8. The Bertz CT molecular complexity index is 605. The fraction of sp³-hybridized carbons (Fsp3) is 0.167. The summed E-state index contributed by atoms with van der Waals surface area (Å²) in [6.07, 6.45) is -0.232. The summed E-state index contributed by atoms with van der Waals surface area (Å²) in [5.41, 5.74) is 0.403. The Morgan fingerprint density at radius 3 is 2.60 bits per heavy atom. The first-order valence-electron chi connectivity index (χ1n) is 5.63. The van der Waals surface area contributed by atoms with Gasteiger partial charge >= 0.3 is 5.69 Å². The standard InChI is InChI=1S/C12H10F2N4O2/c13-11(14)9-3-1-8(2-4-9)5-16-12-10(18(19)20)6-15-7-17-12/h1-4,6-7,11H,5H2,(H,15,16,17). The van der Waals surface area contributed by atoms with E-state index in [1.807, 2.05) is 0 Å². The maximum atomic E-state index is 12.4. The number of rotatable bonds is 5. The second kappa shape index (κ2) is 6.00. The second-order valence-corrected chi connectivity index (χ2v) is 3.91. The van der Waals surface area contributed by atoms with E-state index < -0.39 is 11.3 Å². The molecule has 0 aliphatic rings. The zero-order valence-corrected chi connectivity index (χ0v) is 10.2. The predicted molar refractivity (Wildman–Crippen MR) is 67.4 cm³/mol. The molecule has 6 nitrogen and oxygen atoms in total. The molecule has 0 aliphatic carbocycles. The third-order valence-corrected chi connectivity index (χ3v) is 2.58. The van der Waals surface area contributed by atoms with E-state index in [4.69, 9.17) is 0 Å². The fourth-order valence-electron chi connectivity index (χ4n) is 1.56. The molecule has 0 aliphatic heterocycles. The van der Waals surface area contributed by atoms with E-state index in [1.165, 1.54) is 30.6 Å². The summed E-state index contributed by atoms with van der Waals surface area (Å²) in [5.74, 6) is 0.0861. The van der Waals surface area contributed by atoms with E-state index in [-0.39, 0.29) is 23.6 Å². The lowest BCUT2D eigenvalue weighted by Crippen LogP contribution is -2.05. The van der Waals surface area contributed by atoms with E-state index in [2.05, 4.69) is 15.3 Å². The highest BCUT2D eigenvalue weighted by atomic mass is 19.3. The summed E-state index contributed by atoms with van der Waals surface area (Å²) in [6, 6.07) is 5.69. The van der Waals surface area contributed by atoms with Crippen LogP contribution >= 0.6 is 0 Å². The van der Waals surface area contributed by atoms with Gasteiger partial charge in [0.05, 0.1) is 4.92 Å². The van der Waals surface area contributed by atoms with Crippen LogP contribution in [0.25, 0.3) is 0 Å². The molecule has 104 valence electrons. The number of nitro groups is 1. The van der Waals surface area contributed by atoms with E-state index in [1.54, 1.807) is 0 Å². The summed E-state index contributed by atoms with van der Waals surface area (Å²) >= 11 is 0. The molecule has 1 N–H and O–H groups in total. The highest BCUT2D eigenvalue weighted by Crippen LogP contribution is 2.21. The van der Waals surface area contributed by atoms with Gasteiger partial charge in [0.2, 0.25) is 5.82 Å². The Labute approximate surface area is 112 Å². The van der Waals surface area contributed by atoms with Crippen molar-refractivity contribution in [3.8, 4) is 0 Å². The molecular formula is C12H10F2N4O2. The highest BCUT2D eigenvalue weighted by Gasteiger charge is 2.14. The van der Waals surface area contributed by atoms with E-state index in [9.17, 15) is 18.9 Å². The minimum Gasteiger partial charge on any atom is -0.360 e. The summed E-state index contributed by atoms with van der Waals surface area (Å²) in [6.45, 7) is 0.237. The third-order valence-electron chi connectivity index (χ3n) is 2.58. The van der Waals surface area contributed by atoms with Gasteiger partial charge in [0.1, 0.15) is 12.5 Å². The van der Waals surface area contributed by atoms with Crippen molar-refractivity contribution in [1.82, 2.24) is 9.97 Å². The molecule has 1 heterocycles. The van der Waals surface area contributed by atoms with E-state index in [0.717, 1.165) is 6.20 Å². The number of hydrogen-bond acceptors (Lipinski definition) is 5. The lowest BCUT2D eigenvalue weighted by atomic mass is 10.1. The Morgan fingerprint density at radius 2 is 2.00 bits per heavy atom. The van der Waals surface area contributed by atoms with Gasteiger partial charge in [-0.1, -0.05) is 24.3 Å². The lowest BCUT2D eigenvalue weighted by molar-refractivity contribution is -0.384. The number of aromatic nitrogens is 2. The maximum Gasteiger partial charge on any atom is 0.329 e. The van der Waals surface area contributed by atoms with Crippen molar-refractivity contribution < 1.29 is 13.7 Å². The molecule has 1 aromatic carbocycles. The van der Waals surface area contributed by atoms with Crippen LogP contribution in [0.5, 0.6) is 0 Å². The van der Waals surface area contributed by atoms with Gasteiger partial charge in [0.15, 0.2) is 0 Å². The molecule has 0 saturated heterocycles. The minimum atomic E-state index is -2.51. The molecule has 20 heavy (non-hydrogen) atoms. The lowest BCUT2D eigenvalue weighted by Gasteiger charge is -2.06. The Morgan fingerprint density at radius 1 is 1.30 bits per heavy atom. The number of anilines is 1. The number of benzene rings is 1. The Hall–Kier alpha value is -2.64. The average molecular weight is 280 g/mol. The Balaban J connectivity index is 2.07.